The minimum absolute atomic E-state index is 0.196. The van der Waals surface area contributed by atoms with Crippen LogP contribution >= 0.6 is 11.3 Å². The molecule has 1 heterocycles. The number of nitrogens with two attached hydrogens (primary N) is 1. The van der Waals surface area contributed by atoms with Gasteiger partial charge in [0.15, 0.2) is 5.13 Å². The first kappa shape index (κ1) is 18.3. The first-order valence-corrected chi connectivity index (χ1v) is 8.76. The monoisotopic (exact) mass is 378 g/mol. The molecule has 0 aliphatic carbocycles. The molecule has 0 amide bonds. The molecule has 1 unspecified atom stereocenters. The van der Waals surface area contributed by atoms with E-state index < -0.39 is 11.7 Å². The second kappa shape index (κ2) is 7.37. The Bertz CT molecular complexity index is 875. The SMILES string of the molecule is COc1ccc(C(Cc2cccc(C(F)(F)F)c2)c2csc(N)n2)cc1. The van der Waals surface area contributed by atoms with Crippen LogP contribution in [0.1, 0.15) is 28.3 Å². The molecule has 1 aromatic heterocycles. The Morgan fingerprint density at radius 3 is 2.46 bits per heavy atom. The fraction of sp³-hybridized carbons (Fsp3) is 0.211. The second-order valence-electron chi connectivity index (χ2n) is 5.84. The van der Waals surface area contributed by atoms with Crippen molar-refractivity contribution in [1.29, 1.82) is 0 Å². The van der Waals surface area contributed by atoms with Crippen LogP contribution in [-0.4, -0.2) is 12.1 Å². The van der Waals surface area contributed by atoms with Crippen molar-refractivity contribution in [3.8, 4) is 5.75 Å². The lowest BCUT2D eigenvalue weighted by atomic mass is 9.89. The predicted molar refractivity (Wildman–Crippen MR) is 96.5 cm³/mol. The van der Waals surface area contributed by atoms with Gasteiger partial charge in [-0.1, -0.05) is 30.3 Å². The summed E-state index contributed by atoms with van der Waals surface area (Å²) in [6.07, 6.45) is -3.98. The number of hydrogen-bond donors (Lipinski definition) is 1. The lowest BCUT2D eigenvalue weighted by Crippen LogP contribution is -2.09. The molecule has 0 bridgehead atoms. The van der Waals surface area contributed by atoms with Gasteiger partial charge in [-0.15, -0.1) is 11.3 Å². The van der Waals surface area contributed by atoms with Gasteiger partial charge in [-0.05, 0) is 35.7 Å². The highest BCUT2D eigenvalue weighted by Crippen LogP contribution is 2.34. The van der Waals surface area contributed by atoms with Gasteiger partial charge in [0, 0.05) is 11.3 Å². The second-order valence-corrected chi connectivity index (χ2v) is 6.73. The average molecular weight is 378 g/mol. The summed E-state index contributed by atoms with van der Waals surface area (Å²) in [5, 5.41) is 2.28. The highest BCUT2D eigenvalue weighted by molar-refractivity contribution is 7.13. The molecular weight excluding hydrogens is 361 g/mol. The third-order valence-electron chi connectivity index (χ3n) is 4.11. The quantitative estimate of drug-likeness (QED) is 0.670. The molecule has 1 atom stereocenters. The maximum Gasteiger partial charge on any atom is 0.416 e. The van der Waals surface area contributed by atoms with Gasteiger partial charge in [0.2, 0.25) is 0 Å². The number of anilines is 1. The predicted octanol–water partition coefficient (Wildman–Crippen LogP) is 5.13. The standard InChI is InChI=1S/C19H17F3N2OS/c1-25-15-7-5-13(6-8-15)16(17-11-26-18(23)24-17)10-12-3-2-4-14(9-12)19(20,21)22/h2-9,11,16H,10H2,1H3,(H2,23,24). The van der Waals surface area contributed by atoms with Gasteiger partial charge in [0.1, 0.15) is 5.75 Å². The minimum Gasteiger partial charge on any atom is -0.497 e. The van der Waals surface area contributed by atoms with Crippen LogP contribution in [0.2, 0.25) is 0 Å². The van der Waals surface area contributed by atoms with E-state index in [1.807, 2.05) is 29.6 Å². The first-order valence-electron chi connectivity index (χ1n) is 7.88. The smallest absolute Gasteiger partial charge is 0.416 e. The Hall–Kier alpha value is -2.54. The summed E-state index contributed by atoms with van der Waals surface area (Å²) in [5.41, 5.74) is 7.38. The lowest BCUT2D eigenvalue weighted by molar-refractivity contribution is -0.137. The molecule has 3 rings (SSSR count). The zero-order valence-corrected chi connectivity index (χ0v) is 14.8. The summed E-state index contributed by atoms with van der Waals surface area (Å²) in [4.78, 5) is 4.34. The molecule has 0 radical (unpaired) electrons. The number of ether oxygens (including phenoxy) is 1. The van der Waals surface area contributed by atoms with E-state index >= 15 is 0 Å². The Morgan fingerprint density at radius 1 is 1.15 bits per heavy atom. The Morgan fingerprint density at radius 2 is 1.88 bits per heavy atom. The van der Waals surface area contributed by atoms with E-state index in [1.54, 1.807) is 13.2 Å². The minimum atomic E-state index is -4.36. The maximum absolute atomic E-state index is 13.0. The molecular formula is C19H17F3N2OS. The largest absolute Gasteiger partial charge is 0.497 e. The fourth-order valence-corrected chi connectivity index (χ4v) is 3.42. The van der Waals surface area contributed by atoms with Gasteiger partial charge < -0.3 is 10.5 Å². The van der Waals surface area contributed by atoms with Crippen molar-refractivity contribution in [1.82, 2.24) is 4.98 Å². The van der Waals surface area contributed by atoms with Crippen LogP contribution in [0.25, 0.3) is 0 Å². The number of thiazole rings is 1. The van der Waals surface area contributed by atoms with Gasteiger partial charge in [0.25, 0.3) is 0 Å². The third-order valence-corrected chi connectivity index (χ3v) is 4.80. The zero-order valence-electron chi connectivity index (χ0n) is 14.0. The number of methoxy groups -OCH3 is 1. The molecule has 0 aliphatic heterocycles. The molecule has 3 nitrogen and oxygen atoms in total. The van der Waals surface area contributed by atoms with Crippen molar-refractivity contribution in [2.24, 2.45) is 0 Å². The number of hydrogen-bond acceptors (Lipinski definition) is 4. The van der Waals surface area contributed by atoms with Crippen molar-refractivity contribution in [2.45, 2.75) is 18.5 Å². The van der Waals surface area contributed by atoms with Crippen LogP contribution in [0, 0.1) is 0 Å². The summed E-state index contributed by atoms with van der Waals surface area (Å²) >= 11 is 1.32. The molecule has 0 saturated carbocycles. The highest BCUT2D eigenvalue weighted by Gasteiger charge is 2.30. The van der Waals surface area contributed by atoms with Gasteiger partial charge >= 0.3 is 6.18 Å². The number of nitrogen functional groups attached to an aromatic ring is 1. The van der Waals surface area contributed by atoms with Crippen LogP contribution in [0.4, 0.5) is 18.3 Å². The molecule has 0 aliphatic rings. The average Bonchev–Trinajstić information content (AvgIpc) is 3.05. The van der Waals surface area contributed by atoms with E-state index in [-0.39, 0.29) is 5.92 Å². The van der Waals surface area contributed by atoms with Crippen molar-refractivity contribution in [3.05, 3.63) is 76.3 Å². The van der Waals surface area contributed by atoms with Gasteiger partial charge in [0.05, 0.1) is 18.4 Å². The van der Waals surface area contributed by atoms with Crippen LogP contribution in [0.15, 0.2) is 53.9 Å². The number of halogens is 3. The van der Waals surface area contributed by atoms with Crippen molar-refractivity contribution in [3.63, 3.8) is 0 Å². The molecule has 0 saturated heterocycles. The van der Waals surface area contributed by atoms with E-state index in [0.29, 0.717) is 22.9 Å². The maximum atomic E-state index is 13.0. The number of rotatable bonds is 5. The van der Waals surface area contributed by atoms with Gasteiger partial charge in [-0.3, -0.25) is 0 Å². The Kier molecular flexibility index (Phi) is 5.18. The summed E-state index contributed by atoms with van der Waals surface area (Å²) in [7, 11) is 1.58. The molecule has 2 N–H and O–H groups in total. The van der Waals surface area contributed by atoms with E-state index in [4.69, 9.17) is 10.5 Å². The first-order chi connectivity index (χ1) is 12.4. The zero-order chi connectivity index (χ0) is 18.7. The van der Waals surface area contributed by atoms with Crippen LogP contribution < -0.4 is 10.5 Å². The van der Waals surface area contributed by atoms with E-state index in [2.05, 4.69) is 4.98 Å². The number of aromatic nitrogens is 1. The van der Waals surface area contributed by atoms with Crippen molar-refractivity contribution < 1.29 is 17.9 Å². The fourth-order valence-electron chi connectivity index (χ4n) is 2.80. The van der Waals surface area contributed by atoms with Crippen LogP contribution in [0.5, 0.6) is 5.75 Å². The molecule has 136 valence electrons. The van der Waals surface area contributed by atoms with E-state index in [0.717, 1.165) is 17.3 Å². The molecule has 2 aromatic carbocycles. The lowest BCUT2D eigenvalue weighted by Gasteiger charge is -2.17. The number of benzene rings is 2. The summed E-state index contributed by atoms with van der Waals surface area (Å²) < 4.78 is 44.2. The topological polar surface area (TPSA) is 48.1 Å². The van der Waals surface area contributed by atoms with Crippen molar-refractivity contribution >= 4 is 16.5 Å². The highest BCUT2D eigenvalue weighted by atomic mass is 32.1. The Labute approximate surface area is 153 Å². The third kappa shape index (κ3) is 4.16. The number of nitrogens with zero attached hydrogens (tertiary/aromatic N) is 1. The van der Waals surface area contributed by atoms with Gasteiger partial charge in [-0.25, -0.2) is 4.98 Å². The van der Waals surface area contributed by atoms with E-state index in [9.17, 15) is 13.2 Å². The normalized spacial score (nSPS) is 12.8. The Balaban J connectivity index is 1.96. The molecule has 0 spiro atoms. The summed E-state index contributed by atoms with van der Waals surface area (Å²) in [6, 6.07) is 12.8. The summed E-state index contributed by atoms with van der Waals surface area (Å²) in [5.74, 6) is 0.516. The summed E-state index contributed by atoms with van der Waals surface area (Å²) in [6.45, 7) is 0. The molecule has 3 aromatic rings. The van der Waals surface area contributed by atoms with E-state index in [1.165, 1.54) is 23.5 Å². The van der Waals surface area contributed by atoms with Gasteiger partial charge in [-0.2, -0.15) is 13.2 Å². The van der Waals surface area contributed by atoms with Crippen LogP contribution in [0.3, 0.4) is 0 Å². The van der Waals surface area contributed by atoms with Crippen molar-refractivity contribution in [2.75, 3.05) is 12.8 Å². The molecule has 7 heteroatoms. The molecule has 26 heavy (non-hydrogen) atoms. The number of alkyl halides is 3. The molecule has 0 fully saturated rings. The van der Waals surface area contributed by atoms with Crippen LogP contribution in [-0.2, 0) is 12.6 Å².